The molecule has 0 aliphatic heterocycles. The van der Waals surface area contributed by atoms with Gasteiger partial charge in [-0.3, -0.25) is 4.79 Å². The molecule has 0 bridgehead atoms. The smallest absolute Gasteiger partial charge is 0.156 e. The maximum Gasteiger partial charge on any atom is 0.156 e. The summed E-state index contributed by atoms with van der Waals surface area (Å²) >= 11 is 0. The summed E-state index contributed by atoms with van der Waals surface area (Å²) in [5.41, 5.74) is 3.58. The molecule has 4 heteroatoms. The fraction of sp³-hybridized carbons (Fsp3) is 0.783. The van der Waals surface area contributed by atoms with Crippen LogP contribution in [0, 0.1) is 17.3 Å². The normalized spacial score (nSPS) is 41.3. The van der Waals surface area contributed by atoms with E-state index >= 15 is 0 Å². The third-order valence-corrected chi connectivity index (χ3v) is 8.40. The Labute approximate surface area is 163 Å². The molecule has 0 saturated heterocycles. The highest BCUT2D eigenvalue weighted by molar-refractivity contribution is 5.93. The van der Waals surface area contributed by atoms with Gasteiger partial charge in [-0.1, -0.05) is 6.92 Å². The van der Waals surface area contributed by atoms with Crippen molar-refractivity contribution in [2.75, 3.05) is 20.7 Å². The van der Waals surface area contributed by atoms with E-state index in [1.54, 1.807) is 5.57 Å². The monoisotopic (exact) mass is 373 g/mol. The van der Waals surface area contributed by atoms with Crippen LogP contribution in [0.15, 0.2) is 22.8 Å². The molecular weight excluding hydrogens is 338 g/mol. The van der Waals surface area contributed by atoms with E-state index in [4.69, 9.17) is 0 Å². The van der Waals surface area contributed by atoms with Crippen molar-refractivity contribution in [3.05, 3.63) is 22.8 Å². The van der Waals surface area contributed by atoms with Gasteiger partial charge in [-0.05, 0) is 100 Å². The Morgan fingerprint density at radius 2 is 2.00 bits per heavy atom. The maximum atomic E-state index is 11.9. The van der Waals surface area contributed by atoms with Crippen molar-refractivity contribution in [2.45, 2.75) is 76.4 Å². The van der Waals surface area contributed by atoms with Crippen molar-refractivity contribution in [1.82, 2.24) is 4.90 Å². The Balaban J connectivity index is 1.77. The number of fused-ring (bicyclic) bond motifs is 4. The number of carbonyl (C=O) groups is 1. The molecular formula is C23H35NO3. The van der Waals surface area contributed by atoms with E-state index < -0.39 is 5.60 Å². The molecule has 150 valence electrons. The summed E-state index contributed by atoms with van der Waals surface area (Å²) in [6, 6.07) is 0.335. The van der Waals surface area contributed by atoms with Gasteiger partial charge in [0.15, 0.2) is 5.78 Å². The molecule has 0 aromatic rings. The molecule has 0 radical (unpaired) electrons. The Morgan fingerprint density at radius 1 is 1.22 bits per heavy atom. The number of likely N-dealkylation sites (N-methyl/N-ethyl adjacent to an activating group) is 1. The van der Waals surface area contributed by atoms with Gasteiger partial charge in [0.25, 0.3) is 0 Å². The van der Waals surface area contributed by atoms with Gasteiger partial charge in [0.2, 0.25) is 0 Å². The van der Waals surface area contributed by atoms with E-state index in [2.05, 4.69) is 25.9 Å². The van der Waals surface area contributed by atoms with E-state index in [0.29, 0.717) is 37.1 Å². The van der Waals surface area contributed by atoms with Gasteiger partial charge in [-0.25, -0.2) is 0 Å². The Morgan fingerprint density at radius 3 is 2.70 bits per heavy atom. The van der Waals surface area contributed by atoms with Gasteiger partial charge < -0.3 is 15.1 Å². The summed E-state index contributed by atoms with van der Waals surface area (Å²) in [4.78, 5) is 14.3. The van der Waals surface area contributed by atoms with Crippen LogP contribution >= 0.6 is 0 Å². The number of aliphatic hydroxyl groups is 2. The molecule has 2 fully saturated rings. The molecule has 4 aliphatic carbocycles. The summed E-state index contributed by atoms with van der Waals surface area (Å²) in [7, 11) is 4.32. The molecule has 4 aliphatic rings. The van der Waals surface area contributed by atoms with Crippen molar-refractivity contribution < 1.29 is 15.0 Å². The molecule has 0 amide bonds. The lowest BCUT2D eigenvalue weighted by molar-refractivity contribution is -0.115. The maximum absolute atomic E-state index is 11.9. The SMILES string of the molecule is CN(C)[C@H]1C[C@]2(C)[C@@H](CC[C@]2(O)CCCO)[C@@H]2CCC3=CC(=O)CCC3=C21. The highest BCUT2D eigenvalue weighted by Gasteiger charge is 2.62. The zero-order chi connectivity index (χ0) is 19.4. The fourth-order valence-corrected chi connectivity index (χ4v) is 6.96. The zero-order valence-electron chi connectivity index (χ0n) is 17.1. The van der Waals surface area contributed by atoms with E-state index in [0.717, 1.165) is 38.5 Å². The molecule has 5 atom stereocenters. The second-order valence-electron chi connectivity index (χ2n) is 9.82. The molecule has 4 rings (SSSR count). The molecule has 0 aromatic carbocycles. The van der Waals surface area contributed by atoms with E-state index in [-0.39, 0.29) is 17.8 Å². The van der Waals surface area contributed by atoms with Crippen LogP contribution in [0.1, 0.15) is 64.7 Å². The van der Waals surface area contributed by atoms with Crippen molar-refractivity contribution in [1.29, 1.82) is 0 Å². The fourth-order valence-electron chi connectivity index (χ4n) is 6.96. The van der Waals surface area contributed by atoms with Gasteiger partial charge in [0, 0.05) is 24.5 Å². The second kappa shape index (κ2) is 6.82. The number of hydrogen-bond acceptors (Lipinski definition) is 4. The van der Waals surface area contributed by atoms with Crippen molar-refractivity contribution in [2.24, 2.45) is 17.3 Å². The van der Waals surface area contributed by atoms with Gasteiger partial charge >= 0.3 is 0 Å². The quantitative estimate of drug-likeness (QED) is 0.794. The summed E-state index contributed by atoms with van der Waals surface area (Å²) in [6.07, 6.45) is 9.88. The van der Waals surface area contributed by atoms with E-state index in [1.165, 1.54) is 11.1 Å². The first-order valence-electron chi connectivity index (χ1n) is 10.8. The third kappa shape index (κ3) is 2.87. The largest absolute Gasteiger partial charge is 0.396 e. The lowest BCUT2D eigenvalue weighted by Gasteiger charge is -2.56. The van der Waals surface area contributed by atoms with Crippen LogP contribution in [-0.4, -0.2) is 53.2 Å². The van der Waals surface area contributed by atoms with Crippen LogP contribution in [-0.2, 0) is 4.79 Å². The first-order chi connectivity index (χ1) is 12.8. The number of rotatable bonds is 4. The second-order valence-corrected chi connectivity index (χ2v) is 9.82. The van der Waals surface area contributed by atoms with Crippen LogP contribution in [0.2, 0.25) is 0 Å². The Kier molecular flexibility index (Phi) is 4.89. The van der Waals surface area contributed by atoms with Crippen LogP contribution in [0.5, 0.6) is 0 Å². The van der Waals surface area contributed by atoms with Crippen molar-refractivity contribution in [3.8, 4) is 0 Å². The molecule has 4 nitrogen and oxygen atoms in total. The number of ketones is 1. The minimum absolute atomic E-state index is 0.0997. The van der Waals surface area contributed by atoms with Crippen molar-refractivity contribution >= 4 is 5.78 Å². The number of carbonyl (C=O) groups excluding carboxylic acids is 1. The standard InChI is InChI=1S/C23H35NO3/c1-22-14-20(24(2)3)21-17-8-6-16(26)13-15(17)5-7-18(21)19(22)9-11-23(22,27)10-4-12-25/h13,18-20,25,27H,4-12,14H2,1-3H3/t18-,19-,20-,22+,23+/m0/s1. The molecule has 2 N–H and O–H groups in total. The van der Waals surface area contributed by atoms with Crippen LogP contribution in [0.3, 0.4) is 0 Å². The number of allylic oxidation sites excluding steroid dienone is 3. The summed E-state index contributed by atoms with van der Waals surface area (Å²) < 4.78 is 0. The van der Waals surface area contributed by atoms with Gasteiger partial charge in [0.05, 0.1) is 5.60 Å². The average molecular weight is 374 g/mol. The van der Waals surface area contributed by atoms with E-state index in [9.17, 15) is 15.0 Å². The highest BCUT2D eigenvalue weighted by Crippen LogP contribution is 2.64. The van der Waals surface area contributed by atoms with Gasteiger partial charge in [-0.2, -0.15) is 0 Å². The van der Waals surface area contributed by atoms with Crippen molar-refractivity contribution in [3.63, 3.8) is 0 Å². The first kappa shape index (κ1) is 19.4. The minimum Gasteiger partial charge on any atom is -0.396 e. The molecule has 0 spiro atoms. The number of hydrogen-bond donors (Lipinski definition) is 2. The first-order valence-corrected chi connectivity index (χ1v) is 10.8. The molecule has 27 heavy (non-hydrogen) atoms. The number of aliphatic hydroxyl groups excluding tert-OH is 1. The summed E-state index contributed by atoms with van der Waals surface area (Å²) in [6.45, 7) is 2.47. The molecule has 2 saturated carbocycles. The van der Waals surface area contributed by atoms with Crippen LogP contribution in [0.25, 0.3) is 0 Å². The average Bonchev–Trinajstić information content (AvgIpc) is 2.90. The van der Waals surface area contributed by atoms with Gasteiger partial charge in [0.1, 0.15) is 0 Å². The highest BCUT2D eigenvalue weighted by atomic mass is 16.3. The predicted molar refractivity (Wildman–Crippen MR) is 106 cm³/mol. The lowest BCUT2D eigenvalue weighted by Crippen LogP contribution is -2.56. The molecule has 0 aromatic heterocycles. The lowest BCUT2D eigenvalue weighted by atomic mass is 9.53. The summed E-state index contributed by atoms with van der Waals surface area (Å²) in [5, 5.41) is 21.0. The third-order valence-electron chi connectivity index (χ3n) is 8.40. The predicted octanol–water partition coefficient (Wildman–Crippen LogP) is 3.24. The van der Waals surface area contributed by atoms with Gasteiger partial charge in [-0.15, -0.1) is 0 Å². The molecule has 0 unspecified atom stereocenters. The zero-order valence-corrected chi connectivity index (χ0v) is 17.1. The van der Waals surface area contributed by atoms with E-state index in [1.807, 2.05) is 6.08 Å². The molecule has 0 heterocycles. The topological polar surface area (TPSA) is 60.8 Å². The van der Waals surface area contributed by atoms with Crippen LogP contribution in [0.4, 0.5) is 0 Å². The number of nitrogens with zero attached hydrogens (tertiary/aromatic N) is 1. The Hall–Kier alpha value is -0.970. The van der Waals surface area contributed by atoms with Crippen LogP contribution < -0.4 is 0 Å². The summed E-state index contributed by atoms with van der Waals surface area (Å²) in [5.74, 6) is 1.33. The minimum atomic E-state index is -0.663. The Bertz CT molecular complexity index is 694.